The van der Waals surface area contributed by atoms with Crippen molar-refractivity contribution in [2.75, 3.05) is 0 Å². The zero-order valence-corrected chi connectivity index (χ0v) is 8.79. The fourth-order valence-electron chi connectivity index (χ4n) is 2.45. The van der Waals surface area contributed by atoms with Crippen molar-refractivity contribution in [1.29, 1.82) is 0 Å². The smallest absolute Gasteiger partial charge is 0.140 e. The molecule has 1 nitrogen and oxygen atoms in total. The fourth-order valence-corrected chi connectivity index (χ4v) is 2.45. The first-order chi connectivity index (χ1) is 6.61. The Morgan fingerprint density at radius 3 is 2.36 bits per heavy atom. The molecular weight excluding hydrogens is 172 g/mol. The van der Waals surface area contributed by atoms with Gasteiger partial charge in [-0.2, -0.15) is 0 Å². The highest BCUT2D eigenvalue weighted by Crippen LogP contribution is 2.46. The second kappa shape index (κ2) is 3.23. The lowest BCUT2D eigenvalue weighted by Crippen LogP contribution is -2.19. The van der Waals surface area contributed by atoms with Crippen LogP contribution in [0.5, 0.6) is 0 Å². The summed E-state index contributed by atoms with van der Waals surface area (Å²) in [6.45, 7) is 4.38. The molecule has 14 heavy (non-hydrogen) atoms. The van der Waals surface area contributed by atoms with Crippen LogP contribution in [0.15, 0.2) is 30.3 Å². The van der Waals surface area contributed by atoms with E-state index in [0.29, 0.717) is 5.78 Å². The van der Waals surface area contributed by atoms with Gasteiger partial charge in [0.2, 0.25) is 0 Å². The number of Topliss-reactive ketones (excluding diaryl/α,β-unsaturated/α-hetero) is 1. The van der Waals surface area contributed by atoms with Crippen LogP contribution in [0.4, 0.5) is 0 Å². The van der Waals surface area contributed by atoms with Gasteiger partial charge in [0.05, 0.1) is 0 Å². The monoisotopic (exact) mass is 188 g/mol. The summed E-state index contributed by atoms with van der Waals surface area (Å²) in [5, 5.41) is 0. The third-order valence-electron chi connectivity index (χ3n) is 3.25. The molecule has 1 aromatic carbocycles. The zero-order chi connectivity index (χ0) is 10.2. The third kappa shape index (κ3) is 1.47. The molecule has 1 unspecified atom stereocenters. The molecule has 74 valence electrons. The molecule has 0 radical (unpaired) electrons. The summed E-state index contributed by atoms with van der Waals surface area (Å²) in [5.41, 5.74) is 1.32. The first-order valence-corrected chi connectivity index (χ1v) is 5.19. The number of carbonyl (C=O) groups is 1. The summed E-state index contributed by atoms with van der Waals surface area (Å²) in [6, 6.07) is 10.1. The van der Waals surface area contributed by atoms with Crippen molar-refractivity contribution in [3.8, 4) is 0 Å². The molecule has 0 aromatic heterocycles. The maximum absolute atomic E-state index is 11.8. The number of rotatable bonds is 1. The van der Waals surface area contributed by atoms with E-state index >= 15 is 0 Å². The predicted molar refractivity (Wildman–Crippen MR) is 57.2 cm³/mol. The number of ketones is 1. The lowest BCUT2D eigenvalue weighted by molar-refractivity contribution is -0.119. The van der Waals surface area contributed by atoms with Crippen molar-refractivity contribution >= 4 is 5.78 Å². The second-order valence-electron chi connectivity index (χ2n) is 4.80. The standard InChI is InChI=1S/C13H16O/c1-13(2)9-8-11(14)12(13)10-6-4-3-5-7-10/h3-7,12H,8-9H2,1-2H3. The topological polar surface area (TPSA) is 17.1 Å². The highest BCUT2D eigenvalue weighted by atomic mass is 16.1. The van der Waals surface area contributed by atoms with Crippen molar-refractivity contribution in [3.05, 3.63) is 35.9 Å². The summed E-state index contributed by atoms with van der Waals surface area (Å²) >= 11 is 0. The largest absolute Gasteiger partial charge is 0.299 e. The van der Waals surface area contributed by atoms with Gasteiger partial charge in [0.1, 0.15) is 5.78 Å². The SMILES string of the molecule is CC1(C)CCC(=O)C1c1ccccc1. The van der Waals surface area contributed by atoms with E-state index in [2.05, 4.69) is 26.0 Å². The molecule has 0 N–H and O–H groups in total. The van der Waals surface area contributed by atoms with E-state index in [1.165, 1.54) is 5.56 Å². The summed E-state index contributed by atoms with van der Waals surface area (Å²) in [4.78, 5) is 11.8. The van der Waals surface area contributed by atoms with Crippen LogP contribution in [-0.4, -0.2) is 5.78 Å². The third-order valence-corrected chi connectivity index (χ3v) is 3.25. The van der Waals surface area contributed by atoms with E-state index in [0.717, 1.165) is 12.8 Å². The molecule has 0 amide bonds. The summed E-state index contributed by atoms with van der Waals surface area (Å²) in [7, 11) is 0. The van der Waals surface area contributed by atoms with Gasteiger partial charge < -0.3 is 0 Å². The molecule has 2 rings (SSSR count). The molecule has 0 heterocycles. The number of hydrogen-bond donors (Lipinski definition) is 0. The minimum absolute atomic E-state index is 0.115. The number of benzene rings is 1. The van der Waals surface area contributed by atoms with E-state index in [1.807, 2.05) is 18.2 Å². The van der Waals surface area contributed by atoms with Gasteiger partial charge in [0.15, 0.2) is 0 Å². The number of carbonyl (C=O) groups excluding carboxylic acids is 1. The van der Waals surface area contributed by atoms with Gasteiger partial charge in [0.25, 0.3) is 0 Å². The number of hydrogen-bond acceptors (Lipinski definition) is 1. The van der Waals surface area contributed by atoms with Crippen LogP contribution in [-0.2, 0) is 4.79 Å². The Morgan fingerprint density at radius 1 is 1.21 bits per heavy atom. The summed E-state index contributed by atoms with van der Waals surface area (Å²) in [5.74, 6) is 0.518. The Bertz CT molecular complexity index is 338. The predicted octanol–water partition coefficient (Wildman–Crippen LogP) is 3.16. The van der Waals surface area contributed by atoms with Crippen LogP contribution < -0.4 is 0 Å². The zero-order valence-electron chi connectivity index (χ0n) is 8.79. The molecule has 1 heteroatoms. The highest BCUT2D eigenvalue weighted by molar-refractivity contribution is 5.88. The van der Waals surface area contributed by atoms with Crippen molar-refractivity contribution in [3.63, 3.8) is 0 Å². The van der Waals surface area contributed by atoms with Crippen molar-refractivity contribution in [2.45, 2.75) is 32.6 Å². The Balaban J connectivity index is 2.38. The van der Waals surface area contributed by atoms with Crippen molar-refractivity contribution in [2.24, 2.45) is 5.41 Å². The first-order valence-electron chi connectivity index (χ1n) is 5.19. The average molecular weight is 188 g/mol. The molecule has 0 spiro atoms. The second-order valence-corrected chi connectivity index (χ2v) is 4.80. The van der Waals surface area contributed by atoms with Crippen molar-refractivity contribution < 1.29 is 4.79 Å². The molecule has 1 saturated carbocycles. The maximum Gasteiger partial charge on any atom is 0.140 e. The van der Waals surface area contributed by atoms with Gasteiger partial charge in [-0.25, -0.2) is 0 Å². The van der Waals surface area contributed by atoms with Crippen LogP contribution in [0.2, 0.25) is 0 Å². The van der Waals surface area contributed by atoms with E-state index in [4.69, 9.17) is 0 Å². The van der Waals surface area contributed by atoms with Crippen LogP contribution >= 0.6 is 0 Å². The van der Waals surface area contributed by atoms with Crippen LogP contribution in [0.1, 0.15) is 38.2 Å². The van der Waals surface area contributed by atoms with Gasteiger partial charge in [-0.05, 0) is 17.4 Å². The molecule has 1 aliphatic carbocycles. The first kappa shape index (κ1) is 9.45. The van der Waals surface area contributed by atoms with Crippen LogP contribution in [0.3, 0.4) is 0 Å². The lowest BCUT2D eigenvalue weighted by atomic mass is 9.77. The van der Waals surface area contributed by atoms with Gasteiger partial charge in [0, 0.05) is 12.3 Å². The van der Waals surface area contributed by atoms with E-state index in [9.17, 15) is 4.79 Å². The van der Waals surface area contributed by atoms with Gasteiger partial charge in [-0.1, -0.05) is 44.2 Å². The molecule has 1 aliphatic rings. The summed E-state index contributed by atoms with van der Waals surface area (Å²) in [6.07, 6.45) is 1.76. The molecule has 0 aliphatic heterocycles. The minimum atomic E-state index is 0.115. The quantitative estimate of drug-likeness (QED) is 0.661. The molecule has 1 atom stereocenters. The Morgan fingerprint density at radius 2 is 1.86 bits per heavy atom. The molecule has 1 aromatic rings. The Labute approximate surface area is 85.1 Å². The normalized spacial score (nSPS) is 25.3. The van der Waals surface area contributed by atoms with Gasteiger partial charge in [-0.15, -0.1) is 0 Å². The average Bonchev–Trinajstić information content (AvgIpc) is 2.42. The minimum Gasteiger partial charge on any atom is -0.299 e. The molecule has 0 saturated heterocycles. The molecule has 0 bridgehead atoms. The lowest BCUT2D eigenvalue weighted by Gasteiger charge is -2.25. The maximum atomic E-state index is 11.8. The van der Waals surface area contributed by atoms with Crippen LogP contribution in [0.25, 0.3) is 0 Å². The highest BCUT2D eigenvalue weighted by Gasteiger charge is 2.41. The van der Waals surface area contributed by atoms with E-state index < -0.39 is 0 Å². The van der Waals surface area contributed by atoms with Gasteiger partial charge in [-0.3, -0.25) is 4.79 Å². The Kier molecular flexibility index (Phi) is 2.18. The van der Waals surface area contributed by atoms with Crippen molar-refractivity contribution in [1.82, 2.24) is 0 Å². The molecule has 1 fully saturated rings. The van der Waals surface area contributed by atoms with E-state index in [1.54, 1.807) is 0 Å². The van der Waals surface area contributed by atoms with Crippen LogP contribution in [0, 0.1) is 5.41 Å². The fraction of sp³-hybridized carbons (Fsp3) is 0.462. The van der Waals surface area contributed by atoms with Gasteiger partial charge >= 0.3 is 0 Å². The van der Waals surface area contributed by atoms with E-state index in [-0.39, 0.29) is 11.3 Å². The molecular formula is C13H16O. The Hall–Kier alpha value is -1.11. The summed E-state index contributed by atoms with van der Waals surface area (Å²) < 4.78 is 0.